The molecule has 2 unspecified atom stereocenters. The molecule has 0 aliphatic carbocycles. The summed E-state index contributed by atoms with van der Waals surface area (Å²) in [4.78, 5) is 11.8. The smallest absolute Gasteiger partial charge is 0.220 e. The number of hydrogen-bond acceptors (Lipinski definition) is 3. The predicted molar refractivity (Wildman–Crippen MR) is 69.1 cm³/mol. The molecule has 0 fully saturated rings. The Kier molecular flexibility index (Phi) is 8.43. The lowest BCUT2D eigenvalue weighted by Gasteiger charge is -2.19. The largest absolute Gasteiger partial charge is 0.352 e. The predicted octanol–water partition coefficient (Wildman–Crippen LogP) is 1.81. The van der Waals surface area contributed by atoms with Gasteiger partial charge in [0.1, 0.15) is 0 Å². The minimum atomic E-state index is -0.0232. The van der Waals surface area contributed by atoms with E-state index in [9.17, 15) is 4.79 Å². The molecule has 0 aromatic rings. The fourth-order valence-corrected chi connectivity index (χ4v) is 1.89. The Bertz CT molecular complexity index is 258. The van der Waals surface area contributed by atoms with Gasteiger partial charge in [-0.15, -0.1) is 0 Å². The second-order valence-electron chi connectivity index (χ2n) is 4.97. The van der Waals surface area contributed by atoms with E-state index in [4.69, 9.17) is 11.0 Å². The Labute approximate surface area is 105 Å². The van der Waals surface area contributed by atoms with Crippen LogP contribution in [0.15, 0.2) is 0 Å². The monoisotopic (exact) mass is 239 g/mol. The highest BCUT2D eigenvalue weighted by Gasteiger charge is 2.16. The highest BCUT2D eigenvalue weighted by molar-refractivity contribution is 5.76. The molecule has 3 N–H and O–H groups in total. The Morgan fingerprint density at radius 3 is 2.53 bits per heavy atom. The van der Waals surface area contributed by atoms with Crippen molar-refractivity contribution < 1.29 is 4.79 Å². The van der Waals surface area contributed by atoms with Crippen LogP contribution in [0.1, 0.15) is 46.5 Å². The number of amides is 1. The number of carbonyl (C=O) groups is 1. The third-order valence-corrected chi connectivity index (χ3v) is 2.81. The second-order valence-corrected chi connectivity index (χ2v) is 4.97. The average molecular weight is 239 g/mol. The number of nitrogens with two attached hydrogens (primary N) is 1. The zero-order valence-electron chi connectivity index (χ0n) is 11.2. The van der Waals surface area contributed by atoms with E-state index in [-0.39, 0.29) is 17.9 Å². The van der Waals surface area contributed by atoms with Gasteiger partial charge in [0.05, 0.1) is 12.5 Å². The lowest BCUT2D eigenvalue weighted by atomic mass is 9.94. The van der Waals surface area contributed by atoms with Crippen LogP contribution in [0, 0.1) is 23.2 Å². The van der Waals surface area contributed by atoms with Gasteiger partial charge in [-0.05, 0) is 31.2 Å². The molecule has 0 aliphatic rings. The Balaban J connectivity index is 4.09. The molecule has 0 aliphatic heterocycles. The molecule has 0 aromatic carbocycles. The molecule has 0 saturated carbocycles. The van der Waals surface area contributed by atoms with E-state index in [1.54, 1.807) is 0 Å². The van der Waals surface area contributed by atoms with Crippen LogP contribution in [0.2, 0.25) is 0 Å². The molecule has 1 amide bonds. The van der Waals surface area contributed by atoms with E-state index < -0.39 is 0 Å². The van der Waals surface area contributed by atoms with Crippen molar-refractivity contribution in [1.29, 1.82) is 5.26 Å². The third-order valence-electron chi connectivity index (χ3n) is 2.81. The first-order valence-electron chi connectivity index (χ1n) is 6.39. The van der Waals surface area contributed by atoms with Gasteiger partial charge in [0.25, 0.3) is 0 Å². The SMILES string of the molecule is CCC(CC#N)NC(=O)CC(CN)CC(C)C. The molecule has 0 aromatic heterocycles. The normalized spacial score (nSPS) is 14.1. The molecule has 0 heterocycles. The maximum Gasteiger partial charge on any atom is 0.220 e. The third kappa shape index (κ3) is 7.76. The number of nitriles is 1. The number of hydrogen-bond donors (Lipinski definition) is 2. The Morgan fingerprint density at radius 2 is 2.12 bits per heavy atom. The van der Waals surface area contributed by atoms with Gasteiger partial charge in [-0.1, -0.05) is 20.8 Å². The van der Waals surface area contributed by atoms with Crippen LogP contribution in [0.5, 0.6) is 0 Å². The lowest BCUT2D eigenvalue weighted by Crippen LogP contribution is -2.36. The Hall–Kier alpha value is -1.08. The molecule has 0 spiro atoms. The van der Waals surface area contributed by atoms with Gasteiger partial charge in [0.15, 0.2) is 0 Å². The first-order chi connectivity index (χ1) is 8.03. The van der Waals surface area contributed by atoms with Crippen molar-refractivity contribution >= 4 is 5.91 Å². The van der Waals surface area contributed by atoms with Crippen LogP contribution in [0.3, 0.4) is 0 Å². The summed E-state index contributed by atoms with van der Waals surface area (Å²) in [5.41, 5.74) is 5.66. The minimum absolute atomic E-state index is 0.0169. The number of nitrogens with one attached hydrogen (secondary N) is 1. The molecule has 0 saturated heterocycles. The van der Waals surface area contributed by atoms with E-state index in [0.717, 1.165) is 12.8 Å². The summed E-state index contributed by atoms with van der Waals surface area (Å²) < 4.78 is 0. The van der Waals surface area contributed by atoms with Gasteiger partial charge in [0.2, 0.25) is 5.91 Å². The van der Waals surface area contributed by atoms with Crippen molar-refractivity contribution in [3.8, 4) is 6.07 Å². The summed E-state index contributed by atoms with van der Waals surface area (Å²) >= 11 is 0. The standard InChI is InChI=1S/C13H25N3O/c1-4-12(5-6-14)16-13(17)8-11(9-15)7-10(2)3/h10-12H,4-5,7-9,15H2,1-3H3,(H,16,17). The molecule has 4 nitrogen and oxygen atoms in total. The minimum Gasteiger partial charge on any atom is -0.352 e. The molecule has 17 heavy (non-hydrogen) atoms. The van der Waals surface area contributed by atoms with Crippen LogP contribution in [-0.4, -0.2) is 18.5 Å². The van der Waals surface area contributed by atoms with Crippen molar-refractivity contribution in [2.75, 3.05) is 6.54 Å². The average Bonchev–Trinajstić information content (AvgIpc) is 2.26. The zero-order chi connectivity index (χ0) is 13.3. The zero-order valence-corrected chi connectivity index (χ0v) is 11.2. The van der Waals surface area contributed by atoms with E-state index in [1.165, 1.54) is 0 Å². The van der Waals surface area contributed by atoms with Crippen LogP contribution < -0.4 is 11.1 Å². The molecular weight excluding hydrogens is 214 g/mol. The molecule has 0 radical (unpaired) electrons. The first-order valence-corrected chi connectivity index (χ1v) is 6.39. The van der Waals surface area contributed by atoms with E-state index in [2.05, 4.69) is 25.2 Å². The van der Waals surface area contributed by atoms with E-state index in [0.29, 0.717) is 25.3 Å². The molecule has 2 atom stereocenters. The van der Waals surface area contributed by atoms with Crippen LogP contribution in [0.4, 0.5) is 0 Å². The van der Waals surface area contributed by atoms with Crippen LogP contribution in [-0.2, 0) is 4.79 Å². The van der Waals surface area contributed by atoms with Crippen LogP contribution >= 0.6 is 0 Å². The van der Waals surface area contributed by atoms with Crippen LogP contribution in [0.25, 0.3) is 0 Å². The van der Waals surface area contributed by atoms with Crippen molar-refractivity contribution in [1.82, 2.24) is 5.32 Å². The van der Waals surface area contributed by atoms with Gasteiger partial charge in [-0.25, -0.2) is 0 Å². The maximum absolute atomic E-state index is 11.8. The van der Waals surface area contributed by atoms with Crippen molar-refractivity contribution in [2.45, 2.75) is 52.5 Å². The molecular formula is C13H25N3O. The summed E-state index contributed by atoms with van der Waals surface area (Å²) in [6, 6.07) is 2.06. The molecule has 0 rings (SSSR count). The van der Waals surface area contributed by atoms with Gasteiger partial charge < -0.3 is 11.1 Å². The quantitative estimate of drug-likeness (QED) is 0.678. The maximum atomic E-state index is 11.8. The molecule has 98 valence electrons. The summed E-state index contributed by atoms with van der Waals surface area (Å²) in [5, 5.41) is 11.5. The van der Waals surface area contributed by atoms with E-state index in [1.807, 2.05) is 6.92 Å². The first kappa shape index (κ1) is 15.9. The van der Waals surface area contributed by atoms with Gasteiger partial charge in [-0.2, -0.15) is 5.26 Å². The summed E-state index contributed by atoms with van der Waals surface area (Å²) in [6.07, 6.45) is 2.60. The van der Waals surface area contributed by atoms with E-state index >= 15 is 0 Å². The topological polar surface area (TPSA) is 78.9 Å². The summed E-state index contributed by atoms with van der Waals surface area (Å²) in [5.74, 6) is 0.815. The van der Waals surface area contributed by atoms with Gasteiger partial charge in [-0.3, -0.25) is 4.79 Å². The van der Waals surface area contributed by atoms with Crippen molar-refractivity contribution in [3.05, 3.63) is 0 Å². The Morgan fingerprint density at radius 1 is 1.47 bits per heavy atom. The highest BCUT2D eigenvalue weighted by atomic mass is 16.1. The van der Waals surface area contributed by atoms with Crippen molar-refractivity contribution in [2.24, 2.45) is 17.6 Å². The fraction of sp³-hybridized carbons (Fsp3) is 0.846. The number of rotatable bonds is 8. The summed E-state index contributed by atoms with van der Waals surface area (Å²) in [6.45, 7) is 6.77. The molecule has 4 heteroatoms. The number of carbonyl (C=O) groups excluding carboxylic acids is 1. The lowest BCUT2D eigenvalue weighted by molar-refractivity contribution is -0.122. The fourth-order valence-electron chi connectivity index (χ4n) is 1.89. The molecule has 0 bridgehead atoms. The second kappa shape index (κ2) is 9.00. The number of nitrogens with zero attached hydrogens (tertiary/aromatic N) is 1. The van der Waals surface area contributed by atoms with Gasteiger partial charge >= 0.3 is 0 Å². The van der Waals surface area contributed by atoms with Crippen molar-refractivity contribution in [3.63, 3.8) is 0 Å². The summed E-state index contributed by atoms with van der Waals surface area (Å²) in [7, 11) is 0. The van der Waals surface area contributed by atoms with Gasteiger partial charge in [0, 0.05) is 12.5 Å². The highest BCUT2D eigenvalue weighted by Crippen LogP contribution is 2.14.